The van der Waals surface area contributed by atoms with Gasteiger partial charge in [-0.1, -0.05) is 13.8 Å². The van der Waals surface area contributed by atoms with Crippen LogP contribution < -0.4 is 0 Å². The second-order valence-electron chi connectivity index (χ2n) is 12.2. The lowest BCUT2D eigenvalue weighted by molar-refractivity contribution is -0.325. The van der Waals surface area contributed by atoms with Crippen molar-refractivity contribution in [2.45, 2.75) is 90.3 Å². The van der Waals surface area contributed by atoms with Crippen LogP contribution in [0.3, 0.4) is 0 Å². The quantitative estimate of drug-likeness (QED) is 0.358. The molecule has 6 bridgehead atoms. The molecule has 0 aromatic rings. The van der Waals surface area contributed by atoms with E-state index in [-0.39, 0.29) is 6.42 Å². The molecule has 31 heavy (non-hydrogen) atoms. The van der Waals surface area contributed by atoms with Gasteiger partial charge in [0.2, 0.25) is 5.41 Å². The Kier molecular flexibility index (Phi) is 4.36. The SMILES string of the molecule is CC1C(C)C2CC1C(F)(F)C2(C(=O)OC(C)(C)C12CC3CC(CC(C3)C1)C2)C(F)(F)F. The molecule has 0 heterocycles. The molecule has 5 atom stereocenters. The number of hydrogen-bond acceptors (Lipinski definition) is 2. The summed E-state index contributed by atoms with van der Waals surface area (Å²) >= 11 is 0. The molecule has 5 unspecified atom stereocenters. The molecule has 6 fully saturated rings. The number of alkyl halides is 5. The Morgan fingerprint density at radius 1 is 0.839 bits per heavy atom. The van der Waals surface area contributed by atoms with Crippen molar-refractivity contribution in [2.75, 3.05) is 0 Å². The number of rotatable bonds is 3. The topological polar surface area (TPSA) is 26.3 Å². The number of carbonyl (C=O) groups excluding carboxylic acids is 1. The summed E-state index contributed by atoms with van der Waals surface area (Å²) < 4.78 is 80.0. The van der Waals surface area contributed by atoms with E-state index in [1.165, 1.54) is 0 Å². The van der Waals surface area contributed by atoms with Crippen molar-refractivity contribution >= 4 is 5.97 Å². The molecule has 6 rings (SSSR count). The standard InChI is InChI=1S/C24H33F5O2/c1-12-13(2)18-8-17(12)22(23(18,25)26,24(27,28)29)19(30)31-20(3,4)21-9-14-5-15(10-21)7-16(6-14)11-21/h12-18H,5-11H2,1-4H3. The summed E-state index contributed by atoms with van der Waals surface area (Å²) in [5, 5.41) is 0. The molecule has 0 aromatic heterocycles. The highest BCUT2D eigenvalue weighted by Crippen LogP contribution is 2.73. The van der Waals surface area contributed by atoms with Gasteiger partial charge in [-0.05, 0) is 94.3 Å². The Labute approximate surface area is 180 Å². The van der Waals surface area contributed by atoms with Gasteiger partial charge in [0, 0.05) is 11.3 Å². The molecule has 0 aliphatic heterocycles. The van der Waals surface area contributed by atoms with Crippen LogP contribution in [0.25, 0.3) is 0 Å². The van der Waals surface area contributed by atoms with Gasteiger partial charge in [-0.3, -0.25) is 4.79 Å². The maximum Gasteiger partial charge on any atom is 0.411 e. The summed E-state index contributed by atoms with van der Waals surface area (Å²) in [5.41, 5.74) is -5.35. The molecule has 0 N–H and O–H groups in total. The van der Waals surface area contributed by atoms with Crippen LogP contribution >= 0.6 is 0 Å². The number of esters is 1. The van der Waals surface area contributed by atoms with E-state index in [0.29, 0.717) is 17.8 Å². The first-order chi connectivity index (χ1) is 14.2. The lowest BCUT2D eigenvalue weighted by atomic mass is 9.46. The fourth-order valence-electron chi connectivity index (χ4n) is 9.10. The summed E-state index contributed by atoms with van der Waals surface area (Å²) in [6.07, 6.45) is 0.199. The largest absolute Gasteiger partial charge is 0.458 e. The second kappa shape index (κ2) is 6.16. The van der Waals surface area contributed by atoms with Crippen molar-refractivity contribution in [1.29, 1.82) is 0 Å². The summed E-state index contributed by atoms with van der Waals surface area (Å²) in [7, 11) is 0. The van der Waals surface area contributed by atoms with E-state index in [1.54, 1.807) is 27.7 Å². The van der Waals surface area contributed by atoms with Crippen LogP contribution in [0, 0.1) is 52.3 Å². The Morgan fingerprint density at radius 2 is 1.29 bits per heavy atom. The van der Waals surface area contributed by atoms with Crippen LogP contribution in [0.1, 0.15) is 72.6 Å². The van der Waals surface area contributed by atoms with Crippen molar-refractivity contribution in [3.63, 3.8) is 0 Å². The molecular weight excluding hydrogens is 415 g/mol. The van der Waals surface area contributed by atoms with Crippen molar-refractivity contribution in [1.82, 2.24) is 0 Å². The van der Waals surface area contributed by atoms with Gasteiger partial charge in [0.25, 0.3) is 5.92 Å². The van der Waals surface area contributed by atoms with Crippen LogP contribution in [-0.2, 0) is 9.53 Å². The fraction of sp³-hybridized carbons (Fsp3) is 0.958. The third kappa shape index (κ3) is 2.52. The van der Waals surface area contributed by atoms with Crippen molar-refractivity contribution in [3.05, 3.63) is 0 Å². The summed E-state index contributed by atoms with van der Waals surface area (Å²) in [6.45, 7) is 6.48. The minimum absolute atomic E-state index is 0.276. The first-order valence-corrected chi connectivity index (χ1v) is 11.8. The third-order valence-corrected chi connectivity index (χ3v) is 10.6. The van der Waals surface area contributed by atoms with Gasteiger partial charge in [-0.15, -0.1) is 0 Å². The van der Waals surface area contributed by atoms with Gasteiger partial charge in [-0.25, -0.2) is 8.78 Å². The van der Waals surface area contributed by atoms with Gasteiger partial charge >= 0.3 is 12.1 Å². The lowest BCUT2D eigenvalue weighted by Gasteiger charge is -2.62. The minimum atomic E-state index is -5.36. The van der Waals surface area contributed by atoms with Crippen LogP contribution in [0.2, 0.25) is 0 Å². The average molecular weight is 449 g/mol. The van der Waals surface area contributed by atoms with E-state index in [9.17, 15) is 18.0 Å². The molecule has 176 valence electrons. The highest BCUT2D eigenvalue weighted by molar-refractivity contribution is 5.81. The van der Waals surface area contributed by atoms with E-state index in [1.807, 2.05) is 0 Å². The van der Waals surface area contributed by atoms with E-state index >= 15 is 8.78 Å². The molecule has 0 aromatic carbocycles. The van der Waals surface area contributed by atoms with E-state index in [2.05, 4.69) is 0 Å². The average Bonchev–Trinajstić information content (AvgIpc) is 3.03. The van der Waals surface area contributed by atoms with Gasteiger partial charge in [0.1, 0.15) is 5.60 Å². The summed E-state index contributed by atoms with van der Waals surface area (Å²) in [4.78, 5) is 13.4. The molecule has 7 heteroatoms. The molecule has 6 aliphatic carbocycles. The number of carbonyl (C=O) groups is 1. The Hall–Kier alpha value is -0.880. The molecule has 0 saturated heterocycles. The fourth-order valence-corrected chi connectivity index (χ4v) is 9.10. The third-order valence-electron chi connectivity index (χ3n) is 10.6. The zero-order valence-electron chi connectivity index (χ0n) is 18.7. The van der Waals surface area contributed by atoms with Crippen LogP contribution in [-0.4, -0.2) is 23.7 Å². The highest BCUT2D eigenvalue weighted by atomic mass is 19.4. The number of ether oxygens (including phenoxy) is 1. The molecule has 6 aliphatic rings. The number of fused-ring (bicyclic) bond motifs is 2. The van der Waals surface area contributed by atoms with Crippen molar-refractivity contribution < 1.29 is 31.5 Å². The lowest BCUT2D eigenvalue weighted by Crippen LogP contribution is -2.66. The molecule has 0 spiro atoms. The van der Waals surface area contributed by atoms with Gasteiger partial charge < -0.3 is 4.74 Å². The summed E-state index contributed by atoms with van der Waals surface area (Å²) in [5.74, 6) is -8.43. The van der Waals surface area contributed by atoms with Crippen molar-refractivity contribution in [2.24, 2.45) is 52.3 Å². The predicted molar refractivity (Wildman–Crippen MR) is 104 cm³/mol. The molecule has 2 nitrogen and oxygen atoms in total. The molecule has 0 amide bonds. The highest BCUT2D eigenvalue weighted by Gasteiger charge is 2.87. The first kappa shape index (κ1) is 21.9. The van der Waals surface area contributed by atoms with Crippen LogP contribution in [0.15, 0.2) is 0 Å². The Bertz CT molecular complexity index is 752. The predicted octanol–water partition coefficient (Wildman–Crippen LogP) is 6.63. The zero-order chi connectivity index (χ0) is 22.8. The first-order valence-electron chi connectivity index (χ1n) is 11.8. The van der Waals surface area contributed by atoms with E-state index < -0.39 is 58.2 Å². The maximum absolute atomic E-state index is 15.4. The maximum atomic E-state index is 15.4. The van der Waals surface area contributed by atoms with Crippen LogP contribution in [0.5, 0.6) is 0 Å². The monoisotopic (exact) mass is 448 g/mol. The van der Waals surface area contributed by atoms with Gasteiger partial charge in [-0.2, -0.15) is 13.2 Å². The van der Waals surface area contributed by atoms with E-state index in [0.717, 1.165) is 38.5 Å². The van der Waals surface area contributed by atoms with Crippen molar-refractivity contribution in [3.8, 4) is 0 Å². The van der Waals surface area contributed by atoms with Gasteiger partial charge in [0.15, 0.2) is 0 Å². The summed E-state index contributed by atoms with van der Waals surface area (Å²) in [6, 6.07) is 0. The van der Waals surface area contributed by atoms with E-state index in [4.69, 9.17) is 4.74 Å². The Morgan fingerprint density at radius 3 is 1.71 bits per heavy atom. The van der Waals surface area contributed by atoms with Crippen LogP contribution in [0.4, 0.5) is 22.0 Å². The molecule has 6 saturated carbocycles. The zero-order valence-corrected chi connectivity index (χ0v) is 18.7. The smallest absolute Gasteiger partial charge is 0.411 e. The minimum Gasteiger partial charge on any atom is -0.458 e. The van der Waals surface area contributed by atoms with Gasteiger partial charge in [0.05, 0.1) is 0 Å². The molecular formula is C24H33F5O2. The molecule has 0 radical (unpaired) electrons. The normalized spacial score (nSPS) is 50.2. The Balaban J connectivity index is 1.51. The number of halogens is 5. The second-order valence-corrected chi connectivity index (χ2v) is 12.2. The number of hydrogen-bond donors (Lipinski definition) is 0.